The van der Waals surface area contributed by atoms with Gasteiger partial charge in [0.2, 0.25) is 0 Å². The average molecular weight is 496 g/mol. The number of H-pyrrole nitrogens is 1. The monoisotopic (exact) mass is 495 g/mol. The number of hydrogen-bond donors (Lipinski definition) is 3. The van der Waals surface area contributed by atoms with Gasteiger partial charge in [-0.3, -0.25) is 4.99 Å². The second-order valence-corrected chi connectivity index (χ2v) is 6.28. The number of imidazole rings is 1. The average Bonchev–Trinajstić information content (AvgIpc) is 3.16. The van der Waals surface area contributed by atoms with Gasteiger partial charge in [-0.15, -0.1) is 24.0 Å². The van der Waals surface area contributed by atoms with Crippen LogP contribution in [0.5, 0.6) is 0 Å². The quantitative estimate of drug-likeness (QED) is 0.272. The molecule has 0 saturated carbocycles. The molecule has 2 aromatic carbocycles. The Hall–Kier alpha value is -2.06. The summed E-state index contributed by atoms with van der Waals surface area (Å²) >= 11 is 5.91. The molecule has 0 fully saturated rings. The molecule has 7 heteroatoms. The summed E-state index contributed by atoms with van der Waals surface area (Å²) in [5.74, 6) is 1.61. The van der Waals surface area contributed by atoms with Crippen molar-refractivity contribution >= 4 is 41.5 Å². The molecular formula is C20H23ClIN5. The maximum absolute atomic E-state index is 5.91. The minimum atomic E-state index is 0. The van der Waals surface area contributed by atoms with Crippen molar-refractivity contribution in [2.24, 2.45) is 4.99 Å². The van der Waals surface area contributed by atoms with E-state index in [1.54, 1.807) is 7.05 Å². The van der Waals surface area contributed by atoms with Crippen LogP contribution in [0.1, 0.15) is 11.4 Å². The fourth-order valence-corrected chi connectivity index (χ4v) is 2.71. The first-order chi connectivity index (χ1) is 12.7. The summed E-state index contributed by atoms with van der Waals surface area (Å²) in [5.41, 5.74) is 3.36. The lowest BCUT2D eigenvalue weighted by molar-refractivity contribution is 0.773. The van der Waals surface area contributed by atoms with Crippen molar-refractivity contribution in [3.8, 4) is 11.3 Å². The van der Waals surface area contributed by atoms with Gasteiger partial charge >= 0.3 is 0 Å². The summed E-state index contributed by atoms with van der Waals surface area (Å²) in [6.45, 7) is 1.36. The van der Waals surface area contributed by atoms with Gasteiger partial charge in [-0.1, -0.05) is 54.1 Å². The third kappa shape index (κ3) is 6.55. The lowest BCUT2D eigenvalue weighted by atomic mass is 10.1. The number of benzene rings is 2. The predicted octanol–water partition coefficient (Wildman–Crippen LogP) is 4.26. The van der Waals surface area contributed by atoms with Crippen molar-refractivity contribution in [1.82, 2.24) is 20.6 Å². The first-order valence-electron chi connectivity index (χ1n) is 8.53. The molecule has 0 aliphatic carbocycles. The third-order valence-electron chi connectivity index (χ3n) is 3.98. The van der Waals surface area contributed by atoms with Crippen LogP contribution in [0, 0.1) is 0 Å². The third-order valence-corrected chi connectivity index (χ3v) is 4.23. The van der Waals surface area contributed by atoms with Crippen LogP contribution in [0.25, 0.3) is 11.3 Å². The first kappa shape index (κ1) is 21.2. The Morgan fingerprint density at radius 3 is 2.52 bits per heavy atom. The lowest BCUT2D eigenvalue weighted by Crippen LogP contribution is -2.38. The van der Waals surface area contributed by atoms with Gasteiger partial charge in [0, 0.05) is 18.6 Å². The summed E-state index contributed by atoms with van der Waals surface area (Å²) in [7, 11) is 1.76. The standard InChI is InChI=1S/C20H22ClN5.HI/c1-22-20(23-12-11-15-7-9-17(21)10-8-15)25-14-19-24-13-18(26-19)16-5-3-2-4-6-16;/h2-10,13H,11-12,14H2,1H3,(H,24,26)(H2,22,23,25);1H. The summed E-state index contributed by atoms with van der Waals surface area (Å²) in [4.78, 5) is 12.0. The molecule has 0 aliphatic rings. The van der Waals surface area contributed by atoms with Crippen molar-refractivity contribution < 1.29 is 0 Å². The molecule has 3 aromatic rings. The molecule has 0 radical (unpaired) electrons. The molecule has 0 spiro atoms. The second-order valence-electron chi connectivity index (χ2n) is 5.84. The van der Waals surface area contributed by atoms with E-state index in [2.05, 4.69) is 37.7 Å². The highest BCUT2D eigenvalue weighted by atomic mass is 127. The maximum atomic E-state index is 5.91. The zero-order chi connectivity index (χ0) is 18.2. The molecule has 1 aromatic heterocycles. The van der Waals surface area contributed by atoms with Gasteiger partial charge in [0.15, 0.2) is 5.96 Å². The Kier molecular flexibility index (Phi) is 8.60. The van der Waals surface area contributed by atoms with Gasteiger partial charge < -0.3 is 15.6 Å². The normalized spacial score (nSPS) is 11.0. The van der Waals surface area contributed by atoms with E-state index in [-0.39, 0.29) is 24.0 Å². The lowest BCUT2D eigenvalue weighted by Gasteiger charge is -2.11. The molecule has 0 atom stereocenters. The van der Waals surface area contributed by atoms with E-state index in [0.29, 0.717) is 6.54 Å². The number of nitrogens with zero attached hydrogens (tertiary/aromatic N) is 2. The molecule has 0 saturated heterocycles. The number of aromatic nitrogens is 2. The highest BCUT2D eigenvalue weighted by Gasteiger charge is 2.04. The van der Waals surface area contributed by atoms with E-state index < -0.39 is 0 Å². The zero-order valence-corrected chi connectivity index (χ0v) is 18.2. The molecule has 1 heterocycles. The van der Waals surface area contributed by atoms with E-state index in [0.717, 1.165) is 41.0 Å². The van der Waals surface area contributed by atoms with Gasteiger partial charge in [0.05, 0.1) is 18.4 Å². The van der Waals surface area contributed by atoms with Crippen LogP contribution in [0.15, 0.2) is 65.8 Å². The van der Waals surface area contributed by atoms with E-state index in [9.17, 15) is 0 Å². The number of hydrogen-bond acceptors (Lipinski definition) is 2. The van der Waals surface area contributed by atoms with Gasteiger partial charge in [-0.2, -0.15) is 0 Å². The topological polar surface area (TPSA) is 65.1 Å². The molecule has 142 valence electrons. The van der Waals surface area contributed by atoms with Crippen molar-refractivity contribution in [1.29, 1.82) is 0 Å². The molecule has 0 amide bonds. The van der Waals surface area contributed by atoms with Crippen LogP contribution in [0.4, 0.5) is 0 Å². The van der Waals surface area contributed by atoms with E-state index >= 15 is 0 Å². The zero-order valence-electron chi connectivity index (χ0n) is 15.1. The van der Waals surface area contributed by atoms with Crippen molar-refractivity contribution in [3.05, 3.63) is 77.2 Å². The second kappa shape index (κ2) is 10.9. The van der Waals surface area contributed by atoms with Crippen molar-refractivity contribution in [3.63, 3.8) is 0 Å². The number of guanidine groups is 1. The number of halogens is 2. The van der Waals surface area contributed by atoms with Crippen LogP contribution in [-0.2, 0) is 13.0 Å². The molecule has 27 heavy (non-hydrogen) atoms. The van der Waals surface area contributed by atoms with Crippen LogP contribution >= 0.6 is 35.6 Å². The van der Waals surface area contributed by atoms with Crippen LogP contribution < -0.4 is 10.6 Å². The molecule has 0 unspecified atom stereocenters. The minimum absolute atomic E-state index is 0. The number of aliphatic imine (C=N–C) groups is 1. The molecule has 3 N–H and O–H groups in total. The first-order valence-corrected chi connectivity index (χ1v) is 8.90. The van der Waals surface area contributed by atoms with Crippen molar-refractivity contribution in [2.75, 3.05) is 13.6 Å². The molecule has 0 bridgehead atoms. The van der Waals surface area contributed by atoms with Gasteiger partial charge in [-0.25, -0.2) is 4.98 Å². The van der Waals surface area contributed by atoms with Crippen LogP contribution in [-0.4, -0.2) is 29.5 Å². The number of nitrogens with one attached hydrogen (secondary N) is 3. The van der Waals surface area contributed by atoms with Crippen molar-refractivity contribution in [2.45, 2.75) is 13.0 Å². The highest BCUT2D eigenvalue weighted by molar-refractivity contribution is 14.0. The van der Waals surface area contributed by atoms with Crippen LogP contribution in [0.2, 0.25) is 5.02 Å². The Bertz CT molecular complexity index is 846. The Labute approximate surface area is 181 Å². The largest absolute Gasteiger partial charge is 0.356 e. The molecular weight excluding hydrogens is 473 g/mol. The number of aromatic amines is 1. The van der Waals surface area contributed by atoms with Gasteiger partial charge in [-0.05, 0) is 29.7 Å². The smallest absolute Gasteiger partial charge is 0.191 e. The van der Waals surface area contributed by atoms with Crippen LogP contribution in [0.3, 0.4) is 0 Å². The summed E-state index contributed by atoms with van der Waals surface area (Å²) < 4.78 is 0. The van der Waals surface area contributed by atoms with Gasteiger partial charge in [0.25, 0.3) is 0 Å². The predicted molar refractivity (Wildman–Crippen MR) is 123 cm³/mol. The fraction of sp³-hybridized carbons (Fsp3) is 0.200. The Morgan fingerprint density at radius 1 is 1.07 bits per heavy atom. The van der Waals surface area contributed by atoms with E-state index in [1.807, 2.05) is 48.7 Å². The molecule has 3 rings (SSSR count). The SMILES string of the molecule is CN=C(NCCc1ccc(Cl)cc1)NCc1ncc(-c2ccccc2)[nH]1.I. The minimum Gasteiger partial charge on any atom is -0.356 e. The summed E-state index contributed by atoms with van der Waals surface area (Å²) in [5, 5.41) is 7.33. The van der Waals surface area contributed by atoms with E-state index in [1.165, 1.54) is 5.56 Å². The fourth-order valence-electron chi connectivity index (χ4n) is 2.58. The van der Waals surface area contributed by atoms with E-state index in [4.69, 9.17) is 11.6 Å². The maximum Gasteiger partial charge on any atom is 0.191 e. The Balaban J connectivity index is 0.00000261. The Morgan fingerprint density at radius 2 is 1.81 bits per heavy atom. The molecule has 0 aliphatic heterocycles. The van der Waals surface area contributed by atoms with Gasteiger partial charge in [0.1, 0.15) is 5.82 Å². The summed E-state index contributed by atoms with van der Waals surface area (Å²) in [6.07, 6.45) is 2.75. The highest BCUT2D eigenvalue weighted by Crippen LogP contribution is 2.15. The molecule has 5 nitrogen and oxygen atoms in total. The summed E-state index contributed by atoms with van der Waals surface area (Å²) in [6, 6.07) is 18.0. The number of rotatable bonds is 6.